The molecule has 3 aromatic rings. The third-order valence-electron chi connectivity index (χ3n) is 6.13. The summed E-state index contributed by atoms with van der Waals surface area (Å²) < 4.78 is 0.602. The summed E-state index contributed by atoms with van der Waals surface area (Å²) in [6.07, 6.45) is 1.72. The quantitative estimate of drug-likeness (QED) is 0.328. The van der Waals surface area contributed by atoms with Gasteiger partial charge in [-0.1, -0.05) is 77.2 Å². The SMILES string of the molecule is N#CC1=C(N)N(c2nnc(SCC(=O)c3ccccc3)s2)C2=C(C(=O)CCC2)C1c1ccc(Cl)cc1. The van der Waals surface area contributed by atoms with E-state index in [1.54, 1.807) is 29.2 Å². The Balaban J connectivity index is 1.49. The second-order valence-corrected chi connectivity index (χ2v) is 10.9. The number of rotatable bonds is 6. The molecule has 1 aliphatic heterocycles. The second-order valence-electron chi connectivity index (χ2n) is 8.30. The van der Waals surface area contributed by atoms with Gasteiger partial charge in [-0.05, 0) is 30.5 Å². The molecule has 2 aliphatic rings. The Labute approximate surface area is 221 Å². The summed E-state index contributed by atoms with van der Waals surface area (Å²) in [6.45, 7) is 0. The van der Waals surface area contributed by atoms with Gasteiger partial charge in [-0.15, -0.1) is 10.2 Å². The highest BCUT2D eigenvalue weighted by Gasteiger charge is 2.41. The van der Waals surface area contributed by atoms with Gasteiger partial charge in [0, 0.05) is 28.3 Å². The van der Waals surface area contributed by atoms with Crippen LogP contribution in [0.2, 0.25) is 5.02 Å². The summed E-state index contributed by atoms with van der Waals surface area (Å²) >= 11 is 8.65. The number of benzene rings is 2. The van der Waals surface area contributed by atoms with Gasteiger partial charge in [0.25, 0.3) is 0 Å². The number of allylic oxidation sites excluding steroid dienone is 3. The number of Topliss-reactive ketones (excluding diaryl/α,β-unsaturated/α-hetero) is 2. The van der Waals surface area contributed by atoms with Crippen molar-refractivity contribution < 1.29 is 9.59 Å². The number of ketones is 2. The molecule has 1 atom stereocenters. The number of nitrogens with zero attached hydrogens (tertiary/aromatic N) is 4. The number of hydrogen-bond acceptors (Lipinski definition) is 9. The standard InChI is InChI=1S/C26H20ClN5O2S2/c27-17-11-9-16(10-12-17)22-18(13-28)24(29)32(19-7-4-8-20(33)23(19)22)25-30-31-26(36-25)35-14-21(34)15-5-2-1-3-6-15/h1-3,5-6,9-12,22H,4,7-8,14,29H2. The number of hydrogen-bond donors (Lipinski definition) is 1. The average molecular weight is 534 g/mol. The van der Waals surface area contributed by atoms with Crippen molar-refractivity contribution in [2.24, 2.45) is 5.73 Å². The Hall–Kier alpha value is -3.45. The number of nitrogens with two attached hydrogens (primary N) is 1. The maximum atomic E-state index is 13.2. The average Bonchev–Trinajstić information content (AvgIpc) is 3.36. The van der Waals surface area contributed by atoms with Gasteiger partial charge in [-0.3, -0.25) is 14.5 Å². The van der Waals surface area contributed by atoms with E-state index in [4.69, 9.17) is 17.3 Å². The molecule has 36 heavy (non-hydrogen) atoms. The normalized spacial score (nSPS) is 17.7. The molecule has 1 unspecified atom stereocenters. The lowest BCUT2D eigenvalue weighted by Gasteiger charge is -2.38. The van der Waals surface area contributed by atoms with Crippen molar-refractivity contribution in [3.8, 4) is 6.07 Å². The van der Waals surface area contributed by atoms with Crippen molar-refractivity contribution in [2.75, 3.05) is 10.7 Å². The maximum Gasteiger partial charge on any atom is 0.219 e. The molecule has 1 aliphatic carbocycles. The first-order valence-electron chi connectivity index (χ1n) is 11.2. The molecular formula is C26H20ClN5O2S2. The molecule has 10 heteroatoms. The Kier molecular flexibility index (Phi) is 6.92. The van der Waals surface area contributed by atoms with Crippen LogP contribution in [0.1, 0.15) is 41.1 Å². The summed E-state index contributed by atoms with van der Waals surface area (Å²) in [7, 11) is 0. The van der Waals surface area contributed by atoms with Gasteiger partial charge in [-0.25, -0.2) is 0 Å². The fraction of sp³-hybridized carbons (Fsp3) is 0.192. The van der Waals surface area contributed by atoms with Crippen LogP contribution in [0.5, 0.6) is 0 Å². The molecule has 7 nitrogen and oxygen atoms in total. The van der Waals surface area contributed by atoms with Gasteiger partial charge in [0.05, 0.1) is 23.3 Å². The van der Waals surface area contributed by atoms with E-state index >= 15 is 0 Å². The molecule has 2 heterocycles. The Bertz CT molecular complexity index is 1440. The largest absolute Gasteiger partial charge is 0.384 e. The van der Waals surface area contributed by atoms with E-state index in [9.17, 15) is 14.9 Å². The van der Waals surface area contributed by atoms with Gasteiger partial charge in [-0.2, -0.15) is 5.26 Å². The van der Waals surface area contributed by atoms with Crippen LogP contribution in [0.25, 0.3) is 0 Å². The smallest absolute Gasteiger partial charge is 0.219 e. The van der Waals surface area contributed by atoms with Crippen LogP contribution in [0, 0.1) is 11.3 Å². The number of nitriles is 1. The van der Waals surface area contributed by atoms with E-state index < -0.39 is 5.92 Å². The fourth-order valence-electron chi connectivity index (χ4n) is 4.48. The first-order chi connectivity index (χ1) is 17.5. The molecule has 1 aromatic heterocycles. The summed E-state index contributed by atoms with van der Waals surface area (Å²) in [5.74, 6) is -0.113. The molecule has 0 spiro atoms. The number of anilines is 1. The molecule has 0 saturated heterocycles. The minimum atomic E-state index is -0.559. The number of carbonyl (C=O) groups is 2. The molecule has 180 valence electrons. The molecule has 5 rings (SSSR count). The highest BCUT2D eigenvalue weighted by atomic mass is 35.5. The first-order valence-corrected chi connectivity index (χ1v) is 13.4. The van der Waals surface area contributed by atoms with Gasteiger partial charge in [0.15, 0.2) is 15.9 Å². The third kappa shape index (κ3) is 4.55. The minimum absolute atomic E-state index is 0.00447. The van der Waals surface area contributed by atoms with Crippen molar-refractivity contribution >= 4 is 51.4 Å². The highest BCUT2D eigenvalue weighted by Crippen LogP contribution is 2.47. The van der Waals surface area contributed by atoms with Gasteiger partial charge < -0.3 is 5.73 Å². The fourth-order valence-corrected chi connectivity index (χ4v) is 6.38. The van der Waals surface area contributed by atoms with E-state index in [2.05, 4.69) is 16.3 Å². The Morgan fingerprint density at radius 3 is 2.64 bits per heavy atom. The maximum absolute atomic E-state index is 13.2. The monoisotopic (exact) mass is 533 g/mol. The van der Waals surface area contributed by atoms with Crippen molar-refractivity contribution in [1.29, 1.82) is 5.26 Å². The molecule has 0 radical (unpaired) electrons. The molecule has 0 amide bonds. The molecule has 2 aromatic carbocycles. The zero-order valence-corrected chi connectivity index (χ0v) is 21.4. The van der Waals surface area contributed by atoms with Crippen LogP contribution in [0.4, 0.5) is 5.13 Å². The van der Waals surface area contributed by atoms with Crippen LogP contribution in [-0.2, 0) is 4.79 Å². The lowest BCUT2D eigenvalue weighted by Crippen LogP contribution is -2.38. The number of halogens is 1. The van der Waals surface area contributed by atoms with Gasteiger partial charge >= 0.3 is 0 Å². The van der Waals surface area contributed by atoms with E-state index in [0.29, 0.717) is 44.9 Å². The van der Waals surface area contributed by atoms with Crippen molar-refractivity contribution in [1.82, 2.24) is 10.2 Å². The second kappa shape index (κ2) is 10.3. The number of carbonyl (C=O) groups excluding carboxylic acids is 2. The predicted molar refractivity (Wildman–Crippen MR) is 141 cm³/mol. The number of aromatic nitrogens is 2. The third-order valence-corrected chi connectivity index (χ3v) is 8.42. The molecule has 0 bridgehead atoms. The van der Waals surface area contributed by atoms with Crippen LogP contribution >= 0.6 is 34.7 Å². The van der Waals surface area contributed by atoms with Gasteiger partial charge in [0.2, 0.25) is 5.13 Å². The first kappa shape index (κ1) is 24.3. The Morgan fingerprint density at radius 2 is 1.92 bits per heavy atom. The van der Waals surface area contributed by atoms with Crippen LogP contribution in [0.3, 0.4) is 0 Å². The van der Waals surface area contributed by atoms with E-state index in [-0.39, 0.29) is 28.7 Å². The molecule has 2 N–H and O–H groups in total. The van der Waals surface area contributed by atoms with Crippen molar-refractivity contribution in [2.45, 2.75) is 29.5 Å². The summed E-state index contributed by atoms with van der Waals surface area (Å²) in [5, 5.41) is 19.7. The molecule has 0 saturated carbocycles. The number of thioether (sulfide) groups is 1. The van der Waals surface area contributed by atoms with Crippen LogP contribution in [-0.4, -0.2) is 27.5 Å². The summed E-state index contributed by atoms with van der Waals surface area (Å²) in [5.41, 5.74) is 9.60. The van der Waals surface area contributed by atoms with E-state index in [1.807, 2.05) is 30.3 Å². The summed E-state index contributed by atoms with van der Waals surface area (Å²) in [4.78, 5) is 27.4. The van der Waals surface area contributed by atoms with Crippen molar-refractivity contribution in [3.63, 3.8) is 0 Å². The zero-order chi connectivity index (χ0) is 25.2. The molecular weight excluding hydrogens is 514 g/mol. The van der Waals surface area contributed by atoms with E-state index in [0.717, 1.165) is 11.3 Å². The lowest BCUT2D eigenvalue weighted by atomic mass is 9.76. The molecule has 0 fully saturated rings. The highest BCUT2D eigenvalue weighted by molar-refractivity contribution is 8.01. The van der Waals surface area contributed by atoms with Crippen LogP contribution < -0.4 is 10.6 Å². The minimum Gasteiger partial charge on any atom is -0.384 e. The van der Waals surface area contributed by atoms with E-state index in [1.165, 1.54) is 23.1 Å². The summed E-state index contributed by atoms with van der Waals surface area (Å²) in [6, 6.07) is 18.4. The Morgan fingerprint density at radius 1 is 1.17 bits per heavy atom. The topological polar surface area (TPSA) is 113 Å². The zero-order valence-electron chi connectivity index (χ0n) is 19.0. The predicted octanol–water partition coefficient (Wildman–Crippen LogP) is 5.47. The van der Waals surface area contributed by atoms with Gasteiger partial charge in [0.1, 0.15) is 5.82 Å². The lowest BCUT2D eigenvalue weighted by molar-refractivity contribution is -0.116. The van der Waals surface area contributed by atoms with Crippen LogP contribution in [0.15, 0.2) is 81.6 Å². The van der Waals surface area contributed by atoms with Crippen molar-refractivity contribution in [3.05, 3.63) is 93.4 Å².